The van der Waals surface area contributed by atoms with Gasteiger partial charge < -0.3 is 14.7 Å². The van der Waals surface area contributed by atoms with Gasteiger partial charge in [0.2, 0.25) is 5.95 Å². The van der Waals surface area contributed by atoms with Crippen LogP contribution >= 0.6 is 0 Å². The molecule has 1 aromatic heterocycles. The van der Waals surface area contributed by atoms with Crippen molar-refractivity contribution in [3.05, 3.63) is 18.0 Å². The fraction of sp³-hybridized carbons (Fsp3) is 0.840. The van der Waals surface area contributed by atoms with Crippen molar-refractivity contribution in [3.8, 4) is 0 Å². The number of hydrogen-bond donors (Lipinski definition) is 0. The fourth-order valence-electron chi connectivity index (χ4n) is 4.58. The van der Waals surface area contributed by atoms with Gasteiger partial charge in [0.05, 0.1) is 0 Å². The first-order chi connectivity index (χ1) is 14.5. The standard InChI is InChI=1S/C13H21N3.C10H20N2.C2H6/c1-10(2)12-8-14-13(15-9-12)16-6-4-11(3)5-7-16;1-3-12-5-4-9(8-12)10-6-11(2)7-10;1-2/h8-11H,4-7H2,1-3H3;9-10H,3-8H2,1-2H3;1-2H3. The lowest BCUT2D eigenvalue weighted by atomic mass is 9.86. The fourth-order valence-corrected chi connectivity index (χ4v) is 4.58. The highest BCUT2D eigenvalue weighted by atomic mass is 15.2. The van der Waals surface area contributed by atoms with Crippen LogP contribution in [-0.2, 0) is 0 Å². The summed E-state index contributed by atoms with van der Waals surface area (Å²) in [5.41, 5.74) is 1.22. The molecule has 4 rings (SSSR count). The molecule has 1 unspecified atom stereocenters. The van der Waals surface area contributed by atoms with E-state index in [9.17, 15) is 0 Å². The van der Waals surface area contributed by atoms with E-state index in [1.54, 1.807) is 0 Å². The van der Waals surface area contributed by atoms with Crippen molar-refractivity contribution in [1.82, 2.24) is 19.8 Å². The molecule has 0 saturated carbocycles. The number of anilines is 1. The topological polar surface area (TPSA) is 35.5 Å². The third-order valence-electron chi connectivity index (χ3n) is 6.91. The maximum atomic E-state index is 4.46. The molecule has 0 aliphatic carbocycles. The van der Waals surface area contributed by atoms with Gasteiger partial charge in [-0.3, -0.25) is 0 Å². The van der Waals surface area contributed by atoms with E-state index in [-0.39, 0.29) is 0 Å². The molecule has 5 heteroatoms. The van der Waals surface area contributed by atoms with Gasteiger partial charge in [-0.25, -0.2) is 9.97 Å². The van der Waals surface area contributed by atoms with E-state index in [0.29, 0.717) is 5.92 Å². The van der Waals surface area contributed by atoms with Crippen LogP contribution in [0.1, 0.15) is 72.3 Å². The smallest absolute Gasteiger partial charge is 0.225 e. The van der Waals surface area contributed by atoms with Crippen molar-refractivity contribution >= 4 is 5.95 Å². The van der Waals surface area contributed by atoms with Gasteiger partial charge in [0.1, 0.15) is 0 Å². The van der Waals surface area contributed by atoms with Gasteiger partial charge in [0.25, 0.3) is 0 Å². The molecule has 30 heavy (non-hydrogen) atoms. The normalized spacial score (nSPS) is 23.5. The molecular weight excluding hydrogens is 370 g/mol. The van der Waals surface area contributed by atoms with E-state index in [4.69, 9.17) is 0 Å². The lowest BCUT2D eigenvalue weighted by Crippen LogP contribution is -2.47. The first-order valence-electron chi connectivity index (χ1n) is 12.4. The summed E-state index contributed by atoms with van der Waals surface area (Å²) >= 11 is 0. The molecule has 5 nitrogen and oxygen atoms in total. The monoisotopic (exact) mass is 417 g/mol. The molecular formula is C25H47N5. The van der Waals surface area contributed by atoms with Gasteiger partial charge in [-0.1, -0.05) is 41.5 Å². The highest BCUT2D eigenvalue weighted by Gasteiger charge is 2.34. The first-order valence-corrected chi connectivity index (χ1v) is 12.4. The van der Waals surface area contributed by atoms with Gasteiger partial charge in [0, 0.05) is 45.1 Å². The van der Waals surface area contributed by atoms with Crippen molar-refractivity contribution in [3.63, 3.8) is 0 Å². The largest absolute Gasteiger partial charge is 0.341 e. The average molecular weight is 418 g/mol. The lowest BCUT2D eigenvalue weighted by Gasteiger charge is -2.40. The van der Waals surface area contributed by atoms with Crippen LogP contribution in [0.4, 0.5) is 5.95 Å². The Labute approximate surface area is 186 Å². The molecule has 0 aromatic carbocycles. The van der Waals surface area contributed by atoms with Crippen molar-refractivity contribution in [2.24, 2.45) is 17.8 Å². The van der Waals surface area contributed by atoms with Crippen LogP contribution < -0.4 is 4.90 Å². The van der Waals surface area contributed by atoms with Crippen LogP contribution in [0.3, 0.4) is 0 Å². The Morgan fingerprint density at radius 2 is 1.53 bits per heavy atom. The van der Waals surface area contributed by atoms with E-state index in [1.807, 2.05) is 26.2 Å². The molecule has 0 N–H and O–H groups in total. The number of rotatable bonds is 4. The average Bonchev–Trinajstić information content (AvgIpc) is 3.23. The summed E-state index contributed by atoms with van der Waals surface area (Å²) in [6, 6.07) is 0. The van der Waals surface area contributed by atoms with E-state index in [0.717, 1.165) is 36.8 Å². The van der Waals surface area contributed by atoms with Gasteiger partial charge in [-0.15, -0.1) is 0 Å². The summed E-state index contributed by atoms with van der Waals surface area (Å²) in [4.78, 5) is 16.2. The molecule has 0 bridgehead atoms. The minimum atomic E-state index is 0.510. The molecule has 1 atom stereocenters. The van der Waals surface area contributed by atoms with Crippen molar-refractivity contribution < 1.29 is 0 Å². The molecule has 3 fully saturated rings. The molecule has 3 saturated heterocycles. The quantitative estimate of drug-likeness (QED) is 0.706. The number of likely N-dealkylation sites (tertiary alicyclic amines) is 2. The van der Waals surface area contributed by atoms with Crippen LogP contribution in [-0.4, -0.2) is 72.6 Å². The SMILES string of the molecule is CC.CC1CCN(c2ncc(C(C)C)cn2)CC1.CCN1CCC(C2CN(C)C2)C1. The molecule has 4 heterocycles. The summed E-state index contributed by atoms with van der Waals surface area (Å²) in [5.74, 6) is 4.30. The summed E-state index contributed by atoms with van der Waals surface area (Å²) in [6.45, 7) is 21.8. The highest BCUT2D eigenvalue weighted by Crippen LogP contribution is 2.29. The Balaban J connectivity index is 0.000000204. The summed E-state index contributed by atoms with van der Waals surface area (Å²) in [7, 11) is 2.23. The Hall–Kier alpha value is -1.20. The predicted octanol–water partition coefficient (Wildman–Crippen LogP) is 4.75. The Morgan fingerprint density at radius 3 is 2.00 bits per heavy atom. The van der Waals surface area contributed by atoms with Crippen LogP contribution in [0.15, 0.2) is 12.4 Å². The van der Waals surface area contributed by atoms with Crippen LogP contribution in [0, 0.1) is 17.8 Å². The number of piperidine rings is 1. The second-order valence-electron chi connectivity index (χ2n) is 9.56. The highest BCUT2D eigenvalue weighted by molar-refractivity contribution is 5.30. The van der Waals surface area contributed by atoms with E-state index >= 15 is 0 Å². The van der Waals surface area contributed by atoms with Crippen molar-refractivity contribution in [2.45, 2.75) is 66.7 Å². The van der Waals surface area contributed by atoms with Crippen LogP contribution in [0.5, 0.6) is 0 Å². The Bertz CT molecular complexity index is 574. The Kier molecular flexibility index (Phi) is 10.5. The van der Waals surface area contributed by atoms with Gasteiger partial charge in [0.15, 0.2) is 0 Å². The first kappa shape index (κ1) is 25.1. The van der Waals surface area contributed by atoms with E-state index < -0.39 is 0 Å². The molecule has 3 aliphatic rings. The van der Waals surface area contributed by atoms with E-state index in [2.05, 4.69) is 59.4 Å². The van der Waals surface area contributed by atoms with Crippen LogP contribution in [0.2, 0.25) is 0 Å². The second kappa shape index (κ2) is 12.6. The van der Waals surface area contributed by atoms with Gasteiger partial charge in [-0.2, -0.15) is 0 Å². The maximum Gasteiger partial charge on any atom is 0.225 e. The molecule has 1 aromatic rings. The summed E-state index contributed by atoms with van der Waals surface area (Å²) in [5, 5.41) is 0. The maximum absolute atomic E-state index is 4.46. The minimum Gasteiger partial charge on any atom is -0.341 e. The number of nitrogens with zero attached hydrogens (tertiary/aromatic N) is 5. The zero-order chi connectivity index (χ0) is 22.1. The summed E-state index contributed by atoms with van der Waals surface area (Å²) < 4.78 is 0. The molecule has 172 valence electrons. The number of hydrogen-bond acceptors (Lipinski definition) is 5. The second-order valence-corrected chi connectivity index (χ2v) is 9.56. The third-order valence-corrected chi connectivity index (χ3v) is 6.91. The van der Waals surface area contributed by atoms with Crippen LogP contribution in [0.25, 0.3) is 0 Å². The molecule has 0 amide bonds. The summed E-state index contributed by atoms with van der Waals surface area (Å²) in [6.07, 6.45) is 7.90. The van der Waals surface area contributed by atoms with Crippen molar-refractivity contribution in [2.75, 3.05) is 57.8 Å². The van der Waals surface area contributed by atoms with Gasteiger partial charge >= 0.3 is 0 Å². The number of aromatic nitrogens is 2. The molecule has 0 spiro atoms. The zero-order valence-corrected chi connectivity index (χ0v) is 20.8. The molecule has 0 radical (unpaired) electrons. The van der Waals surface area contributed by atoms with Gasteiger partial charge in [-0.05, 0) is 68.6 Å². The predicted molar refractivity (Wildman–Crippen MR) is 129 cm³/mol. The lowest BCUT2D eigenvalue weighted by molar-refractivity contribution is 0.0855. The minimum absolute atomic E-state index is 0.510. The third kappa shape index (κ3) is 7.19. The zero-order valence-electron chi connectivity index (χ0n) is 20.8. The van der Waals surface area contributed by atoms with E-state index in [1.165, 1.54) is 57.5 Å². The Morgan fingerprint density at radius 1 is 0.933 bits per heavy atom. The molecule has 3 aliphatic heterocycles. The van der Waals surface area contributed by atoms with Crippen molar-refractivity contribution in [1.29, 1.82) is 0 Å².